The molecule has 4 rings (SSSR count). The molecule has 3 heterocycles. The van der Waals surface area contributed by atoms with Crippen molar-refractivity contribution in [2.24, 2.45) is 0 Å². The quantitative estimate of drug-likeness (QED) is 0.263. The summed E-state index contributed by atoms with van der Waals surface area (Å²) in [6.45, 7) is 8.07. The van der Waals surface area contributed by atoms with Crippen LogP contribution in [-0.2, 0) is 16.7 Å². The first-order valence-corrected chi connectivity index (χ1v) is 16.8. The van der Waals surface area contributed by atoms with Crippen LogP contribution in [0.4, 0.5) is 5.69 Å². The fraction of sp³-hybridized carbons (Fsp3) is 0.348. The molecule has 0 radical (unpaired) electrons. The molecule has 1 unspecified atom stereocenters. The van der Waals surface area contributed by atoms with E-state index in [0.717, 1.165) is 27.7 Å². The molecule has 1 atom stereocenters. The van der Waals surface area contributed by atoms with E-state index in [1.54, 1.807) is 15.5 Å². The molecule has 5 nitrogen and oxygen atoms in total. The van der Waals surface area contributed by atoms with Crippen molar-refractivity contribution in [3.63, 3.8) is 0 Å². The molecule has 176 valence electrons. The fourth-order valence-electron chi connectivity index (χ4n) is 3.77. The van der Waals surface area contributed by atoms with Crippen LogP contribution in [0.25, 0.3) is 12.2 Å². The van der Waals surface area contributed by atoms with Crippen LogP contribution >= 0.6 is 34.7 Å². The summed E-state index contributed by atoms with van der Waals surface area (Å²) < 4.78 is 36.3. The van der Waals surface area contributed by atoms with Crippen LogP contribution in [0.2, 0.25) is 8.99 Å². The van der Waals surface area contributed by atoms with Crippen LogP contribution in [0, 0.1) is 0 Å². The Balaban J connectivity index is 1.64. The average Bonchev–Trinajstić information content (AvgIpc) is 3.23. The molecule has 2 aromatic rings. The van der Waals surface area contributed by atoms with E-state index in [4.69, 9.17) is 16.2 Å². The summed E-state index contributed by atoms with van der Waals surface area (Å²) in [6, 6.07) is 5.77. The monoisotopic (exact) mass is 639 g/mol. The maximum atomic E-state index is 11.2. The summed E-state index contributed by atoms with van der Waals surface area (Å²) in [6.07, 6.45) is 9.34. The van der Waals surface area contributed by atoms with Crippen LogP contribution < -0.4 is 13.2 Å². The second-order valence-corrected chi connectivity index (χ2v) is 15.9. The van der Waals surface area contributed by atoms with Crippen molar-refractivity contribution in [1.29, 1.82) is 0 Å². The van der Waals surface area contributed by atoms with Gasteiger partial charge in [-0.05, 0) is 0 Å². The van der Waals surface area contributed by atoms with E-state index >= 15 is 0 Å². The third-order valence-corrected chi connectivity index (χ3v) is 12.3. The standard InChI is InChI=1S/C23H25ClN2O3S3Te/c1-4-25-21(31-20-8-6-16(3)33-23(20)25)12-15(2)13-22-26(10-5-11-32(27,28)29)18-14-17(24)7-9-19(18)30-22/h6-9,12-14,16H,4-5,10-11H2,1-3H3/p+1. The average molecular weight is 638 g/mol. The Morgan fingerprint density at radius 1 is 1.39 bits per heavy atom. The molecule has 0 aliphatic carbocycles. The van der Waals surface area contributed by atoms with Crippen molar-refractivity contribution in [1.82, 2.24) is 0 Å². The summed E-state index contributed by atoms with van der Waals surface area (Å²) in [5.41, 5.74) is 2.11. The molecule has 0 fully saturated rings. The van der Waals surface area contributed by atoms with E-state index in [1.165, 1.54) is 9.88 Å². The Kier molecular flexibility index (Phi) is 8.01. The molecule has 1 aromatic heterocycles. The summed E-state index contributed by atoms with van der Waals surface area (Å²) >= 11 is 9.52. The molecule has 0 spiro atoms. The second-order valence-electron chi connectivity index (χ2n) is 7.91. The summed E-state index contributed by atoms with van der Waals surface area (Å²) in [4.78, 5) is 4.58. The molecule has 1 N–H and O–H groups in total. The summed E-state index contributed by atoms with van der Waals surface area (Å²) in [7, 11) is -3.99. The number of rotatable bonds is 7. The van der Waals surface area contributed by atoms with Crippen molar-refractivity contribution < 1.29 is 17.5 Å². The Bertz CT molecular complexity index is 1270. The van der Waals surface area contributed by atoms with Gasteiger partial charge in [0.15, 0.2) is 0 Å². The Morgan fingerprint density at radius 3 is 2.91 bits per heavy atom. The van der Waals surface area contributed by atoms with E-state index in [2.05, 4.69) is 54.5 Å². The van der Waals surface area contributed by atoms with Gasteiger partial charge in [-0.1, -0.05) is 0 Å². The van der Waals surface area contributed by atoms with Gasteiger partial charge >= 0.3 is 208 Å². The van der Waals surface area contributed by atoms with Crippen LogP contribution in [0.3, 0.4) is 0 Å². The molecular weight excluding hydrogens is 612 g/mol. The Hall–Kier alpha value is -0.790. The van der Waals surface area contributed by atoms with Gasteiger partial charge in [-0.25, -0.2) is 0 Å². The molecule has 2 aliphatic rings. The van der Waals surface area contributed by atoms with E-state index in [0.29, 0.717) is 22.0 Å². The maximum absolute atomic E-state index is 11.2. The van der Waals surface area contributed by atoms with E-state index in [1.807, 2.05) is 29.5 Å². The number of thioether (sulfide) groups is 1. The fourth-order valence-corrected chi connectivity index (χ4v) is 10.6. The molecule has 2 aliphatic heterocycles. The van der Waals surface area contributed by atoms with Crippen LogP contribution in [0.15, 0.2) is 45.8 Å². The third-order valence-electron chi connectivity index (χ3n) is 5.25. The Morgan fingerprint density at radius 2 is 2.18 bits per heavy atom. The number of nitrogens with zero attached hydrogens (tertiary/aromatic N) is 2. The van der Waals surface area contributed by atoms with Gasteiger partial charge in [-0.15, -0.1) is 0 Å². The molecule has 1 aromatic carbocycles. The minimum atomic E-state index is -3.99. The molecule has 0 saturated heterocycles. The number of hydrogen-bond acceptors (Lipinski definition) is 5. The van der Waals surface area contributed by atoms with Gasteiger partial charge in [0.2, 0.25) is 0 Å². The van der Waals surface area contributed by atoms with Crippen molar-refractivity contribution in [2.45, 2.75) is 42.6 Å². The number of thiazole rings is 1. The normalized spacial score (nSPS) is 19.3. The number of benzene rings is 1. The van der Waals surface area contributed by atoms with Gasteiger partial charge in [0.05, 0.1) is 0 Å². The molecule has 0 bridgehead atoms. The summed E-state index contributed by atoms with van der Waals surface area (Å²) in [5, 5.41) is 2.94. The molecule has 0 saturated carbocycles. The zero-order chi connectivity index (χ0) is 23.8. The van der Waals surface area contributed by atoms with E-state index < -0.39 is 10.1 Å². The Labute approximate surface area is 219 Å². The van der Waals surface area contributed by atoms with Gasteiger partial charge in [0.1, 0.15) is 0 Å². The van der Waals surface area contributed by atoms with Gasteiger partial charge in [-0.2, -0.15) is 8.42 Å². The van der Waals surface area contributed by atoms with Crippen LogP contribution in [-0.4, -0.2) is 46.2 Å². The first kappa shape index (κ1) is 25.3. The molecular formula is C23H26ClN2O3S3Te+. The van der Waals surface area contributed by atoms with Crippen molar-refractivity contribution >= 4 is 87.3 Å². The van der Waals surface area contributed by atoms with Gasteiger partial charge in [0.25, 0.3) is 0 Å². The number of fused-ring (bicyclic) bond motifs is 2. The molecule has 0 amide bonds. The molecule has 33 heavy (non-hydrogen) atoms. The van der Waals surface area contributed by atoms with Crippen LogP contribution in [0.5, 0.6) is 0 Å². The van der Waals surface area contributed by atoms with Gasteiger partial charge in [0, 0.05) is 0 Å². The number of allylic oxidation sites excluding steroid dienone is 3. The van der Waals surface area contributed by atoms with E-state index in [-0.39, 0.29) is 26.7 Å². The SMILES string of the molecule is CC[n+]1c(C=C(C)C=C2Sc3ccc(Cl)cc3N2CCCS(=O)(=O)O)sc2c1[Te]C(C)C=C2. The van der Waals surface area contributed by atoms with Gasteiger partial charge < -0.3 is 0 Å². The topological polar surface area (TPSA) is 61.5 Å². The van der Waals surface area contributed by atoms with Crippen LogP contribution in [0.1, 0.15) is 37.1 Å². The zero-order valence-corrected chi connectivity index (χ0v) is 24.2. The van der Waals surface area contributed by atoms with Crippen molar-refractivity contribution in [3.8, 4) is 0 Å². The first-order valence-electron chi connectivity index (χ1n) is 10.7. The number of halogens is 1. The molecule has 10 heteroatoms. The third kappa shape index (κ3) is 6.07. The zero-order valence-electron chi connectivity index (χ0n) is 18.6. The summed E-state index contributed by atoms with van der Waals surface area (Å²) in [5.74, 6) is -0.265. The van der Waals surface area contributed by atoms with Gasteiger partial charge in [-0.3, -0.25) is 4.55 Å². The second kappa shape index (κ2) is 10.4. The van der Waals surface area contributed by atoms with Crippen molar-refractivity contribution in [3.05, 3.63) is 55.9 Å². The predicted molar refractivity (Wildman–Crippen MR) is 141 cm³/mol. The first-order chi connectivity index (χ1) is 15.6. The number of aromatic nitrogens is 1. The predicted octanol–water partition coefficient (Wildman–Crippen LogP) is 5.01. The number of anilines is 1. The number of hydrogen-bond donors (Lipinski definition) is 1. The van der Waals surface area contributed by atoms with E-state index in [9.17, 15) is 8.42 Å². The minimum absolute atomic E-state index is 0.226. The van der Waals surface area contributed by atoms with Crippen molar-refractivity contribution in [2.75, 3.05) is 17.2 Å².